The van der Waals surface area contributed by atoms with Gasteiger partial charge in [-0.1, -0.05) is 24.3 Å². The normalized spacial score (nSPS) is 10.1. The number of hydrogen-bond donors (Lipinski definition) is 0. The quantitative estimate of drug-likeness (QED) is 0.837. The van der Waals surface area contributed by atoms with Crippen LogP contribution < -0.4 is 4.90 Å². The predicted molar refractivity (Wildman–Crippen MR) is 79.0 cm³/mol. The number of hydrogen-bond acceptors (Lipinski definition) is 2. The molecule has 0 N–H and O–H groups in total. The molecule has 0 aliphatic carbocycles. The Balaban J connectivity index is 2.28. The van der Waals surface area contributed by atoms with Gasteiger partial charge in [-0.2, -0.15) is 5.26 Å². The van der Waals surface area contributed by atoms with E-state index in [1.807, 2.05) is 18.2 Å². The standard InChI is InChI=1S/C17H17FN2/c1-3-20(17-7-5-4-6-13(17)2)12-14-8-9-16(18)15(10-14)11-19/h4-10H,3,12H2,1-2H3. The van der Waals surface area contributed by atoms with Crippen molar-refractivity contribution in [1.82, 2.24) is 0 Å². The topological polar surface area (TPSA) is 27.0 Å². The molecular weight excluding hydrogens is 251 g/mol. The minimum atomic E-state index is -0.463. The number of rotatable bonds is 4. The van der Waals surface area contributed by atoms with E-state index in [0.29, 0.717) is 6.54 Å². The van der Waals surface area contributed by atoms with Crippen molar-refractivity contribution >= 4 is 5.69 Å². The summed E-state index contributed by atoms with van der Waals surface area (Å²) in [5.41, 5.74) is 3.41. The Hall–Kier alpha value is -2.34. The van der Waals surface area contributed by atoms with Gasteiger partial charge in [0.15, 0.2) is 0 Å². The van der Waals surface area contributed by atoms with Crippen LogP contribution in [0.1, 0.15) is 23.6 Å². The third kappa shape index (κ3) is 2.97. The molecule has 3 heteroatoms. The second kappa shape index (κ2) is 6.21. The fraction of sp³-hybridized carbons (Fsp3) is 0.235. The highest BCUT2D eigenvalue weighted by atomic mass is 19.1. The van der Waals surface area contributed by atoms with Gasteiger partial charge in [0, 0.05) is 18.8 Å². The van der Waals surface area contributed by atoms with Crippen molar-refractivity contribution < 1.29 is 4.39 Å². The summed E-state index contributed by atoms with van der Waals surface area (Å²) in [7, 11) is 0. The maximum absolute atomic E-state index is 13.3. The molecule has 2 aromatic rings. The fourth-order valence-corrected chi connectivity index (χ4v) is 2.26. The van der Waals surface area contributed by atoms with Gasteiger partial charge < -0.3 is 4.90 Å². The zero-order chi connectivity index (χ0) is 14.5. The maximum atomic E-state index is 13.3. The maximum Gasteiger partial charge on any atom is 0.140 e. The Morgan fingerprint density at radius 3 is 2.60 bits per heavy atom. The lowest BCUT2D eigenvalue weighted by atomic mass is 10.1. The molecule has 0 heterocycles. The molecule has 0 spiro atoms. The number of anilines is 1. The molecular formula is C17H17FN2. The van der Waals surface area contributed by atoms with E-state index in [2.05, 4.69) is 30.9 Å². The van der Waals surface area contributed by atoms with Gasteiger partial charge in [-0.15, -0.1) is 0 Å². The molecule has 2 rings (SSSR count). The van der Waals surface area contributed by atoms with Crippen molar-refractivity contribution in [3.63, 3.8) is 0 Å². The lowest BCUT2D eigenvalue weighted by molar-refractivity contribution is 0.622. The van der Waals surface area contributed by atoms with Gasteiger partial charge in [0.1, 0.15) is 11.9 Å². The summed E-state index contributed by atoms with van der Waals surface area (Å²) in [5.74, 6) is -0.463. The van der Waals surface area contributed by atoms with Crippen LogP contribution in [-0.4, -0.2) is 6.54 Å². The molecule has 102 valence electrons. The molecule has 0 unspecified atom stereocenters. The Kier molecular flexibility index (Phi) is 4.37. The van der Waals surface area contributed by atoms with Crippen LogP contribution in [-0.2, 0) is 6.54 Å². The third-order valence-electron chi connectivity index (χ3n) is 3.36. The van der Waals surface area contributed by atoms with Crippen molar-refractivity contribution in [2.24, 2.45) is 0 Å². The van der Waals surface area contributed by atoms with E-state index in [4.69, 9.17) is 5.26 Å². The van der Waals surface area contributed by atoms with E-state index in [1.165, 1.54) is 11.6 Å². The van der Waals surface area contributed by atoms with Crippen LogP contribution in [0.15, 0.2) is 42.5 Å². The molecule has 2 nitrogen and oxygen atoms in total. The smallest absolute Gasteiger partial charge is 0.140 e. The monoisotopic (exact) mass is 268 g/mol. The Morgan fingerprint density at radius 2 is 1.95 bits per heavy atom. The van der Waals surface area contributed by atoms with Gasteiger partial charge in [-0.05, 0) is 43.2 Å². The summed E-state index contributed by atoms with van der Waals surface area (Å²) in [5, 5.41) is 8.89. The average molecular weight is 268 g/mol. The van der Waals surface area contributed by atoms with Gasteiger partial charge >= 0.3 is 0 Å². The predicted octanol–water partition coefficient (Wildman–Crippen LogP) is 4.03. The first-order valence-corrected chi connectivity index (χ1v) is 6.64. The van der Waals surface area contributed by atoms with E-state index in [9.17, 15) is 4.39 Å². The van der Waals surface area contributed by atoms with E-state index in [1.54, 1.807) is 12.1 Å². The summed E-state index contributed by atoms with van der Waals surface area (Å²) >= 11 is 0. The summed E-state index contributed by atoms with van der Waals surface area (Å²) in [6, 6.07) is 14.8. The summed E-state index contributed by atoms with van der Waals surface area (Å²) in [4.78, 5) is 2.21. The van der Waals surface area contributed by atoms with Crippen molar-refractivity contribution in [3.8, 4) is 6.07 Å². The summed E-state index contributed by atoms with van der Waals surface area (Å²) in [6.45, 7) is 5.67. The molecule has 0 bridgehead atoms. The van der Waals surface area contributed by atoms with E-state index in [0.717, 1.165) is 17.8 Å². The molecule has 20 heavy (non-hydrogen) atoms. The zero-order valence-corrected chi connectivity index (χ0v) is 11.7. The van der Waals surface area contributed by atoms with Gasteiger partial charge in [-0.3, -0.25) is 0 Å². The van der Waals surface area contributed by atoms with Crippen LogP contribution in [0.3, 0.4) is 0 Å². The first kappa shape index (κ1) is 14.1. The molecule has 0 saturated carbocycles. The van der Waals surface area contributed by atoms with Gasteiger partial charge in [-0.25, -0.2) is 4.39 Å². The molecule has 0 radical (unpaired) electrons. The van der Waals surface area contributed by atoms with E-state index in [-0.39, 0.29) is 5.56 Å². The zero-order valence-electron chi connectivity index (χ0n) is 11.7. The number of nitriles is 1. The highest BCUT2D eigenvalue weighted by molar-refractivity contribution is 5.53. The number of aryl methyl sites for hydroxylation is 1. The lowest BCUT2D eigenvalue weighted by Gasteiger charge is -2.25. The molecule has 0 atom stereocenters. The van der Waals surface area contributed by atoms with E-state index >= 15 is 0 Å². The Morgan fingerprint density at radius 1 is 1.20 bits per heavy atom. The lowest BCUT2D eigenvalue weighted by Crippen LogP contribution is -2.22. The molecule has 0 fully saturated rings. The van der Waals surface area contributed by atoms with Crippen LogP contribution >= 0.6 is 0 Å². The first-order valence-electron chi connectivity index (χ1n) is 6.64. The number of nitrogens with zero attached hydrogens (tertiary/aromatic N) is 2. The third-order valence-corrected chi connectivity index (χ3v) is 3.36. The second-order valence-electron chi connectivity index (χ2n) is 4.73. The number of halogens is 1. The molecule has 0 aliphatic rings. The van der Waals surface area contributed by atoms with Crippen molar-refractivity contribution in [2.75, 3.05) is 11.4 Å². The molecule has 0 aliphatic heterocycles. The van der Waals surface area contributed by atoms with Crippen molar-refractivity contribution in [2.45, 2.75) is 20.4 Å². The highest BCUT2D eigenvalue weighted by Crippen LogP contribution is 2.22. The summed E-state index contributed by atoms with van der Waals surface area (Å²) in [6.07, 6.45) is 0. The summed E-state index contributed by atoms with van der Waals surface area (Å²) < 4.78 is 13.3. The first-order chi connectivity index (χ1) is 9.65. The van der Waals surface area contributed by atoms with Gasteiger partial charge in [0.05, 0.1) is 5.56 Å². The van der Waals surface area contributed by atoms with Gasteiger partial charge in [0.2, 0.25) is 0 Å². The molecule has 0 saturated heterocycles. The minimum Gasteiger partial charge on any atom is -0.367 e. The number of para-hydroxylation sites is 1. The molecule has 0 aromatic heterocycles. The average Bonchev–Trinajstić information content (AvgIpc) is 2.47. The largest absolute Gasteiger partial charge is 0.367 e. The van der Waals surface area contributed by atoms with Crippen LogP contribution in [0.4, 0.5) is 10.1 Å². The van der Waals surface area contributed by atoms with Crippen LogP contribution in [0.2, 0.25) is 0 Å². The Labute approximate surface area is 119 Å². The second-order valence-corrected chi connectivity index (χ2v) is 4.73. The fourth-order valence-electron chi connectivity index (χ4n) is 2.26. The van der Waals surface area contributed by atoms with Crippen molar-refractivity contribution in [1.29, 1.82) is 5.26 Å². The Bertz CT molecular complexity index is 644. The highest BCUT2D eigenvalue weighted by Gasteiger charge is 2.09. The SMILES string of the molecule is CCN(Cc1ccc(F)c(C#N)c1)c1ccccc1C. The van der Waals surface area contributed by atoms with Crippen LogP contribution in [0.25, 0.3) is 0 Å². The van der Waals surface area contributed by atoms with Crippen LogP contribution in [0.5, 0.6) is 0 Å². The van der Waals surface area contributed by atoms with Crippen molar-refractivity contribution in [3.05, 3.63) is 65.0 Å². The van der Waals surface area contributed by atoms with E-state index < -0.39 is 5.82 Å². The molecule has 2 aromatic carbocycles. The number of benzene rings is 2. The molecule has 0 amide bonds. The minimum absolute atomic E-state index is 0.100. The van der Waals surface area contributed by atoms with Gasteiger partial charge in [0.25, 0.3) is 0 Å². The van der Waals surface area contributed by atoms with Crippen LogP contribution in [0, 0.1) is 24.1 Å².